The number of carbonyl (C=O) groups excluding carboxylic acids is 2. The van der Waals surface area contributed by atoms with Crippen LogP contribution in [0.2, 0.25) is 0 Å². The summed E-state index contributed by atoms with van der Waals surface area (Å²) in [6.07, 6.45) is 0.845. The van der Waals surface area contributed by atoms with E-state index in [1.807, 2.05) is 31.2 Å². The Morgan fingerprint density at radius 1 is 0.857 bits per heavy atom. The van der Waals surface area contributed by atoms with Crippen LogP contribution in [0.4, 0.5) is 5.69 Å². The summed E-state index contributed by atoms with van der Waals surface area (Å²) in [7, 11) is 4.50. The quantitative estimate of drug-likeness (QED) is 0.298. The van der Waals surface area contributed by atoms with Gasteiger partial charge in [0.15, 0.2) is 11.5 Å². The topological polar surface area (TPSA) is 85.3 Å². The Balaban J connectivity index is 1.96. The highest BCUT2D eigenvalue weighted by Gasteiger charge is 2.47. The second-order valence-electron chi connectivity index (χ2n) is 8.00. The molecule has 1 aliphatic rings. The summed E-state index contributed by atoms with van der Waals surface area (Å²) in [5.41, 5.74) is 2.55. The molecule has 0 aliphatic carbocycles. The molecule has 1 aliphatic heterocycles. The number of nitrogens with zero attached hydrogens (tertiary/aromatic N) is 1. The highest BCUT2D eigenvalue weighted by molar-refractivity contribution is 6.51. The number of hydrogen-bond acceptors (Lipinski definition) is 6. The van der Waals surface area contributed by atoms with Crippen molar-refractivity contribution < 1.29 is 28.9 Å². The fourth-order valence-electron chi connectivity index (χ4n) is 4.31. The number of para-hydroxylation sites is 1. The van der Waals surface area contributed by atoms with Crippen molar-refractivity contribution in [1.82, 2.24) is 0 Å². The lowest BCUT2D eigenvalue weighted by Gasteiger charge is -2.26. The molecule has 7 heteroatoms. The molecule has 1 atom stereocenters. The number of anilines is 1. The fraction of sp³-hybridized carbons (Fsp3) is 0.214. The first-order valence-corrected chi connectivity index (χ1v) is 11.2. The van der Waals surface area contributed by atoms with Crippen LogP contribution in [0.5, 0.6) is 17.2 Å². The highest BCUT2D eigenvalue weighted by atomic mass is 16.5. The Hall–Kier alpha value is -4.26. The third-order valence-corrected chi connectivity index (χ3v) is 6.16. The van der Waals surface area contributed by atoms with Crippen molar-refractivity contribution >= 4 is 23.1 Å². The fourth-order valence-corrected chi connectivity index (χ4v) is 4.31. The van der Waals surface area contributed by atoms with Gasteiger partial charge in [0.1, 0.15) is 11.5 Å². The van der Waals surface area contributed by atoms with E-state index in [1.165, 1.54) is 26.2 Å². The van der Waals surface area contributed by atoms with Crippen LogP contribution >= 0.6 is 0 Å². The van der Waals surface area contributed by atoms with Crippen molar-refractivity contribution in [2.75, 3.05) is 26.2 Å². The van der Waals surface area contributed by atoms with Gasteiger partial charge in [0.25, 0.3) is 11.7 Å². The Labute approximate surface area is 204 Å². The normalized spacial score (nSPS) is 16.9. The maximum absolute atomic E-state index is 13.4. The van der Waals surface area contributed by atoms with E-state index in [0.717, 1.165) is 12.0 Å². The molecule has 1 N–H and O–H groups in total. The van der Waals surface area contributed by atoms with E-state index in [9.17, 15) is 14.7 Å². The molecule has 1 saturated heterocycles. The smallest absolute Gasteiger partial charge is 0.300 e. The molecular formula is C28H27NO6. The van der Waals surface area contributed by atoms with Gasteiger partial charge >= 0.3 is 0 Å². The van der Waals surface area contributed by atoms with Gasteiger partial charge in [0.2, 0.25) is 0 Å². The van der Waals surface area contributed by atoms with Crippen LogP contribution in [0, 0.1) is 0 Å². The molecule has 3 aromatic carbocycles. The Morgan fingerprint density at radius 3 is 2.14 bits per heavy atom. The van der Waals surface area contributed by atoms with Crippen LogP contribution in [0.3, 0.4) is 0 Å². The molecule has 0 radical (unpaired) electrons. The molecule has 0 saturated carbocycles. The van der Waals surface area contributed by atoms with Crippen LogP contribution in [-0.2, 0) is 16.0 Å². The van der Waals surface area contributed by atoms with Crippen molar-refractivity contribution in [3.05, 3.63) is 89.0 Å². The van der Waals surface area contributed by atoms with E-state index in [-0.39, 0.29) is 11.3 Å². The van der Waals surface area contributed by atoms with Crippen molar-refractivity contribution in [2.45, 2.75) is 19.4 Å². The SMILES string of the molecule is CCc1ccc(C2/C(=C(\O)c3ccccc3OC)C(=O)C(=O)N2c2ccc(OC)c(OC)c2)cc1. The van der Waals surface area contributed by atoms with Gasteiger partial charge in [-0.25, -0.2) is 0 Å². The molecule has 3 aromatic rings. The molecule has 7 nitrogen and oxygen atoms in total. The van der Waals surface area contributed by atoms with Crippen molar-refractivity contribution in [2.24, 2.45) is 0 Å². The van der Waals surface area contributed by atoms with Gasteiger partial charge in [-0.05, 0) is 41.8 Å². The number of carbonyl (C=O) groups is 2. The second kappa shape index (κ2) is 9.93. The van der Waals surface area contributed by atoms with Crippen LogP contribution in [0.1, 0.15) is 29.7 Å². The number of aliphatic hydroxyl groups excluding tert-OH is 1. The van der Waals surface area contributed by atoms with E-state index >= 15 is 0 Å². The predicted octanol–water partition coefficient (Wildman–Crippen LogP) is 4.90. The molecule has 0 spiro atoms. The predicted molar refractivity (Wildman–Crippen MR) is 133 cm³/mol. The summed E-state index contributed by atoms with van der Waals surface area (Å²) in [6, 6.07) is 18.6. The molecular weight excluding hydrogens is 446 g/mol. The van der Waals surface area contributed by atoms with Crippen molar-refractivity contribution in [3.8, 4) is 17.2 Å². The summed E-state index contributed by atoms with van der Waals surface area (Å²) in [5.74, 6) is -0.538. The number of ketones is 1. The number of ether oxygens (including phenoxy) is 3. The summed E-state index contributed by atoms with van der Waals surface area (Å²) >= 11 is 0. The largest absolute Gasteiger partial charge is 0.507 e. The van der Waals surface area contributed by atoms with E-state index < -0.39 is 17.7 Å². The van der Waals surface area contributed by atoms with Gasteiger partial charge < -0.3 is 19.3 Å². The van der Waals surface area contributed by atoms with Gasteiger partial charge in [-0.3, -0.25) is 14.5 Å². The minimum absolute atomic E-state index is 0.0152. The Morgan fingerprint density at radius 2 is 1.51 bits per heavy atom. The van der Waals surface area contributed by atoms with Crippen LogP contribution in [-0.4, -0.2) is 38.1 Å². The van der Waals surface area contributed by atoms with Crippen molar-refractivity contribution in [1.29, 1.82) is 0 Å². The molecule has 4 rings (SSSR count). The number of rotatable bonds is 7. The zero-order chi connectivity index (χ0) is 25.1. The molecule has 1 heterocycles. The second-order valence-corrected chi connectivity index (χ2v) is 8.00. The lowest BCUT2D eigenvalue weighted by atomic mass is 9.94. The summed E-state index contributed by atoms with van der Waals surface area (Å²) in [6.45, 7) is 2.05. The highest BCUT2D eigenvalue weighted by Crippen LogP contribution is 2.44. The first-order valence-electron chi connectivity index (χ1n) is 11.2. The number of hydrogen-bond donors (Lipinski definition) is 1. The number of amides is 1. The minimum Gasteiger partial charge on any atom is -0.507 e. The standard InChI is InChI=1S/C28H27NO6/c1-5-17-10-12-18(13-11-17)25-24(26(30)20-8-6-7-9-21(20)33-2)27(31)28(32)29(25)19-14-15-22(34-3)23(16-19)35-4/h6-16,25,30H,5H2,1-4H3/b26-24+. The maximum atomic E-state index is 13.4. The van der Waals surface area contributed by atoms with E-state index in [1.54, 1.807) is 42.5 Å². The lowest BCUT2D eigenvalue weighted by Crippen LogP contribution is -2.29. The molecule has 0 aromatic heterocycles. The van der Waals surface area contributed by atoms with Crippen molar-refractivity contribution in [3.63, 3.8) is 0 Å². The average Bonchev–Trinajstić information content (AvgIpc) is 3.17. The maximum Gasteiger partial charge on any atom is 0.300 e. The molecule has 180 valence electrons. The van der Waals surface area contributed by atoms with Crippen LogP contribution in [0.15, 0.2) is 72.3 Å². The van der Waals surface area contributed by atoms with Crippen LogP contribution < -0.4 is 19.1 Å². The number of methoxy groups -OCH3 is 3. The van der Waals surface area contributed by atoms with Gasteiger partial charge in [0, 0.05) is 11.8 Å². The van der Waals surface area contributed by atoms with Gasteiger partial charge in [-0.1, -0.05) is 43.3 Å². The van der Waals surface area contributed by atoms with E-state index in [2.05, 4.69) is 0 Å². The lowest BCUT2D eigenvalue weighted by molar-refractivity contribution is -0.132. The monoisotopic (exact) mass is 473 g/mol. The minimum atomic E-state index is -0.857. The number of Topliss-reactive ketones (excluding diaryl/α,β-unsaturated/α-hetero) is 1. The van der Waals surface area contributed by atoms with E-state index in [4.69, 9.17) is 14.2 Å². The first-order chi connectivity index (χ1) is 16.9. The zero-order valence-corrected chi connectivity index (χ0v) is 20.1. The molecule has 1 amide bonds. The average molecular weight is 474 g/mol. The van der Waals surface area contributed by atoms with E-state index in [0.29, 0.717) is 34.1 Å². The summed E-state index contributed by atoms with van der Waals surface area (Å²) < 4.78 is 16.1. The molecule has 1 fully saturated rings. The van der Waals surface area contributed by atoms with Crippen LogP contribution in [0.25, 0.3) is 5.76 Å². The first kappa shape index (κ1) is 23.9. The van der Waals surface area contributed by atoms with Gasteiger partial charge in [-0.15, -0.1) is 0 Å². The third-order valence-electron chi connectivity index (χ3n) is 6.16. The zero-order valence-electron chi connectivity index (χ0n) is 20.1. The van der Waals surface area contributed by atoms with Gasteiger partial charge in [-0.2, -0.15) is 0 Å². The van der Waals surface area contributed by atoms with Gasteiger partial charge in [0.05, 0.1) is 38.5 Å². The number of aryl methyl sites for hydroxylation is 1. The summed E-state index contributed by atoms with van der Waals surface area (Å²) in [5, 5.41) is 11.4. The number of benzene rings is 3. The molecule has 1 unspecified atom stereocenters. The summed E-state index contributed by atoms with van der Waals surface area (Å²) in [4.78, 5) is 28.2. The Kier molecular flexibility index (Phi) is 6.78. The third kappa shape index (κ3) is 4.21. The molecule has 35 heavy (non-hydrogen) atoms. The number of aliphatic hydroxyl groups is 1. The Bertz CT molecular complexity index is 1300. The molecule has 0 bridgehead atoms.